The van der Waals surface area contributed by atoms with Gasteiger partial charge in [0.25, 0.3) is 5.84 Å². The summed E-state index contributed by atoms with van der Waals surface area (Å²) in [6.07, 6.45) is 0. The lowest BCUT2D eigenvalue weighted by molar-refractivity contribution is -0.694. The van der Waals surface area contributed by atoms with E-state index in [0.29, 0.717) is 5.56 Å². The molecule has 3 rings (SSSR count). The van der Waals surface area contributed by atoms with E-state index in [-0.39, 0.29) is 19.0 Å². The first-order valence-corrected chi connectivity index (χ1v) is 8.15. The van der Waals surface area contributed by atoms with Crippen molar-refractivity contribution in [2.45, 2.75) is 32.1 Å². The maximum atomic E-state index is 13.4. The first-order chi connectivity index (χ1) is 11.9. The molecular weight excluding hydrogens is 323 g/mol. The van der Waals surface area contributed by atoms with Crippen molar-refractivity contribution in [3.63, 3.8) is 0 Å². The fourth-order valence-electron chi connectivity index (χ4n) is 4.61. The molecule has 2 aliphatic rings. The van der Waals surface area contributed by atoms with Gasteiger partial charge in [0.15, 0.2) is 10.8 Å². The molecule has 1 aliphatic carbocycles. The molecule has 130 valence electrons. The highest BCUT2D eigenvalue weighted by Crippen LogP contribution is 2.82. The fraction of sp³-hybridized carbons (Fsp3) is 0.500. The molecule has 0 spiro atoms. The highest BCUT2D eigenvalue weighted by atomic mass is 19.1. The minimum atomic E-state index is -1.55. The van der Waals surface area contributed by atoms with Crippen LogP contribution in [0.4, 0.5) is 4.39 Å². The quantitative estimate of drug-likeness (QED) is 0.748. The first kappa shape index (κ1) is 17.3. The van der Waals surface area contributed by atoms with Gasteiger partial charge in [-0.3, -0.25) is 5.73 Å². The van der Waals surface area contributed by atoms with Crippen molar-refractivity contribution in [3.05, 3.63) is 35.6 Å². The van der Waals surface area contributed by atoms with E-state index in [2.05, 4.69) is 17.1 Å². The third kappa shape index (κ3) is 1.56. The van der Waals surface area contributed by atoms with Crippen LogP contribution < -0.4 is 10.7 Å². The molecule has 25 heavy (non-hydrogen) atoms. The summed E-state index contributed by atoms with van der Waals surface area (Å²) in [5.74, 6) is -1.81. The van der Waals surface area contributed by atoms with E-state index in [4.69, 9.17) is 15.2 Å². The Morgan fingerprint density at radius 2 is 1.68 bits per heavy atom. The van der Waals surface area contributed by atoms with Gasteiger partial charge in [-0.2, -0.15) is 10.5 Å². The second-order valence-corrected chi connectivity index (χ2v) is 6.38. The molecule has 0 amide bonds. The molecule has 1 aromatic carbocycles. The van der Waals surface area contributed by atoms with E-state index in [1.54, 1.807) is 32.9 Å². The average molecular weight is 343 g/mol. The molecule has 1 heterocycles. The monoisotopic (exact) mass is 343 g/mol. The van der Waals surface area contributed by atoms with Gasteiger partial charge in [-0.15, -0.1) is 0 Å². The van der Waals surface area contributed by atoms with Crippen LogP contribution in [-0.2, 0) is 14.9 Å². The van der Waals surface area contributed by atoms with Gasteiger partial charge in [0.2, 0.25) is 0 Å². The number of fused-ring (bicyclic) bond motifs is 1. The molecular formula is C18H20FN4O2+. The largest absolute Gasteiger partial charge is 0.343 e. The Hall–Kier alpha value is -2.48. The molecule has 1 aliphatic heterocycles. The highest BCUT2D eigenvalue weighted by Gasteiger charge is 3.03. The Morgan fingerprint density at radius 3 is 2.12 bits per heavy atom. The zero-order valence-corrected chi connectivity index (χ0v) is 14.4. The number of nitriles is 2. The third-order valence-electron chi connectivity index (χ3n) is 5.65. The van der Waals surface area contributed by atoms with Gasteiger partial charge in [0, 0.05) is 0 Å². The first-order valence-electron chi connectivity index (χ1n) is 8.15. The van der Waals surface area contributed by atoms with Gasteiger partial charge in [-0.1, -0.05) is 19.1 Å². The van der Waals surface area contributed by atoms with Crippen molar-refractivity contribution >= 4 is 5.84 Å². The average Bonchev–Trinajstić information content (AvgIpc) is 3.01. The lowest BCUT2D eigenvalue weighted by Gasteiger charge is -2.32. The van der Waals surface area contributed by atoms with Crippen LogP contribution in [0.15, 0.2) is 24.3 Å². The van der Waals surface area contributed by atoms with Crippen molar-refractivity contribution < 1.29 is 18.9 Å². The Labute approximate surface area is 145 Å². The lowest BCUT2D eigenvalue weighted by atomic mass is 9.84. The van der Waals surface area contributed by atoms with Crippen LogP contribution in [0.1, 0.15) is 26.3 Å². The summed E-state index contributed by atoms with van der Waals surface area (Å²) in [5, 5.41) is 20.2. The number of nitrogens with one attached hydrogen (secondary N) is 1. The van der Waals surface area contributed by atoms with Crippen LogP contribution in [0.25, 0.3) is 0 Å². The van der Waals surface area contributed by atoms with E-state index in [1.807, 2.05) is 0 Å². The molecule has 3 N–H and O–H groups in total. The van der Waals surface area contributed by atoms with E-state index in [1.165, 1.54) is 12.1 Å². The molecule has 0 aromatic heterocycles. The predicted octanol–water partition coefficient (Wildman–Crippen LogP) is 0.295. The molecule has 3 atom stereocenters. The number of hydrogen-bond acceptors (Lipinski definition) is 5. The Balaban J connectivity index is 2.30. The normalized spacial score (nSPS) is 34.6. The summed E-state index contributed by atoms with van der Waals surface area (Å²) in [5.41, 5.74) is 3.06. The minimum Gasteiger partial charge on any atom is -0.314 e. The summed E-state index contributed by atoms with van der Waals surface area (Å²) in [6.45, 7) is 5.82. The van der Waals surface area contributed by atoms with Crippen LogP contribution in [0.5, 0.6) is 0 Å². The summed E-state index contributed by atoms with van der Waals surface area (Å²) < 4.78 is 25.1. The van der Waals surface area contributed by atoms with Crippen molar-refractivity contribution in [2.24, 2.45) is 16.6 Å². The number of hydrogen-bond donors (Lipinski definition) is 2. The Morgan fingerprint density at radius 1 is 1.12 bits per heavy atom. The number of nitrogens with zero attached hydrogens (tertiary/aromatic N) is 2. The van der Waals surface area contributed by atoms with Crippen molar-refractivity contribution in [2.75, 3.05) is 13.2 Å². The fourth-order valence-corrected chi connectivity index (χ4v) is 4.61. The van der Waals surface area contributed by atoms with Crippen LogP contribution in [0, 0.1) is 39.3 Å². The molecule has 0 bridgehead atoms. The summed E-state index contributed by atoms with van der Waals surface area (Å²) in [6, 6.07) is 10.3. The number of nitrogens with two attached hydrogens (primary N) is 1. The SMILES string of the molecule is CCOC1(OCC)[NH+]=C(N)[C@@]2(C#N)[C@](C)(c3ccc(F)cc3)[C@@]12C#N. The van der Waals surface area contributed by atoms with Gasteiger partial charge < -0.3 is 9.47 Å². The van der Waals surface area contributed by atoms with Crippen LogP contribution in [0.2, 0.25) is 0 Å². The van der Waals surface area contributed by atoms with Gasteiger partial charge in [-0.25, -0.2) is 9.38 Å². The van der Waals surface area contributed by atoms with Gasteiger partial charge in [-0.05, 0) is 31.5 Å². The summed E-state index contributed by atoms with van der Waals surface area (Å²) in [4.78, 5) is 2.92. The van der Waals surface area contributed by atoms with Crippen LogP contribution in [0.3, 0.4) is 0 Å². The molecule has 0 unspecified atom stereocenters. The van der Waals surface area contributed by atoms with Crippen LogP contribution in [-0.4, -0.2) is 25.0 Å². The summed E-state index contributed by atoms with van der Waals surface area (Å²) >= 11 is 0. The smallest absolute Gasteiger partial charge is 0.314 e. The molecule has 7 heteroatoms. The predicted molar refractivity (Wildman–Crippen MR) is 86.0 cm³/mol. The molecule has 6 nitrogen and oxygen atoms in total. The maximum Gasteiger partial charge on any atom is 0.343 e. The van der Waals surface area contributed by atoms with Gasteiger partial charge in [0.05, 0.1) is 30.8 Å². The molecule has 0 saturated heterocycles. The van der Waals surface area contributed by atoms with E-state index >= 15 is 0 Å². The number of ether oxygens (including phenoxy) is 2. The number of benzene rings is 1. The lowest BCUT2D eigenvalue weighted by Crippen LogP contribution is -2.91. The standard InChI is InChI=1S/C18H19FN4O2/c1-4-24-18(25-5-2)17(11-21)15(3,12-6-8-13(19)9-7-12)16(17,10-20)14(22)23-18/h6-9H,4-5H2,1-3H3,(H2,22,23)/p+1/t15-,16-,17+/m0/s1. The van der Waals surface area contributed by atoms with Crippen molar-refractivity contribution in [1.29, 1.82) is 10.5 Å². The third-order valence-corrected chi connectivity index (χ3v) is 5.65. The van der Waals surface area contributed by atoms with E-state index in [9.17, 15) is 14.9 Å². The molecule has 1 fully saturated rings. The Bertz CT molecular complexity index is 819. The van der Waals surface area contributed by atoms with Crippen molar-refractivity contribution in [1.82, 2.24) is 0 Å². The topological polar surface area (TPSA) is 106 Å². The highest BCUT2D eigenvalue weighted by molar-refractivity contribution is 5.97. The van der Waals surface area contributed by atoms with Gasteiger partial charge in [0.1, 0.15) is 5.82 Å². The molecule has 1 saturated carbocycles. The molecule has 1 aromatic rings. The van der Waals surface area contributed by atoms with E-state index < -0.39 is 28.0 Å². The zero-order chi connectivity index (χ0) is 18.5. The Kier molecular flexibility index (Phi) is 3.65. The molecule has 0 radical (unpaired) electrons. The minimum absolute atomic E-state index is 0.130. The van der Waals surface area contributed by atoms with Crippen molar-refractivity contribution in [3.8, 4) is 12.1 Å². The number of amidine groups is 1. The second-order valence-electron chi connectivity index (χ2n) is 6.38. The second kappa shape index (κ2) is 5.26. The maximum absolute atomic E-state index is 13.4. The number of rotatable bonds is 5. The van der Waals surface area contributed by atoms with E-state index in [0.717, 1.165) is 0 Å². The number of halogens is 1. The van der Waals surface area contributed by atoms with Crippen LogP contribution >= 0.6 is 0 Å². The van der Waals surface area contributed by atoms with Gasteiger partial charge >= 0.3 is 5.91 Å². The summed E-state index contributed by atoms with van der Waals surface area (Å²) in [7, 11) is 0. The zero-order valence-electron chi connectivity index (χ0n) is 14.4.